The predicted molar refractivity (Wildman–Crippen MR) is 96.4 cm³/mol. The summed E-state index contributed by atoms with van der Waals surface area (Å²) >= 11 is 0. The first-order valence-electron chi connectivity index (χ1n) is 8.51. The van der Waals surface area contributed by atoms with Crippen molar-refractivity contribution in [3.05, 3.63) is 47.5 Å². The standard InChI is InChI=1S/C17H17F6N3O4S/c1-9(17(21,22)23)25-31(28,29)13-8-26(5-6-30-2)15(14(13)20)16(27)24-10-3-4-11(18)12(19)7-10/h3-4,7-9,25H,5-6H2,1-2H3,(H,24,27)/t9-/m1/s1. The number of sulfonamides is 1. The average Bonchev–Trinajstić information content (AvgIpc) is 2.99. The molecule has 0 saturated carbocycles. The quantitative estimate of drug-likeness (QED) is 0.577. The molecule has 1 heterocycles. The highest BCUT2D eigenvalue weighted by Gasteiger charge is 2.40. The SMILES string of the molecule is COCCn1cc(S(=O)(=O)N[C@H](C)C(F)(F)F)c(F)c1C(=O)Nc1ccc(F)c(F)c1. The molecule has 1 amide bonds. The molecule has 0 spiro atoms. The second kappa shape index (κ2) is 9.28. The highest BCUT2D eigenvalue weighted by Crippen LogP contribution is 2.26. The van der Waals surface area contributed by atoms with Crippen LogP contribution >= 0.6 is 0 Å². The van der Waals surface area contributed by atoms with Crippen LogP contribution in [-0.2, 0) is 21.3 Å². The van der Waals surface area contributed by atoms with E-state index >= 15 is 0 Å². The largest absolute Gasteiger partial charge is 0.404 e. The number of carbonyl (C=O) groups excluding carboxylic acids is 1. The van der Waals surface area contributed by atoms with Gasteiger partial charge < -0.3 is 14.6 Å². The maximum absolute atomic E-state index is 14.9. The van der Waals surface area contributed by atoms with Gasteiger partial charge in [-0.2, -0.15) is 17.9 Å². The third-order valence-corrected chi connectivity index (χ3v) is 5.55. The summed E-state index contributed by atoms with van der Waals surface area (Å²) in [6.07, 6.45) is -4.30. The van der Waals surface area contributed by atoms with Crippen LogP contribution in [0.1, 0.15) is 17.4 Å². The zero-order valence-corrected chi connectivity index (χ0v) is 16.9. The van der Waals surface area contributed by atoms with Gasteiger partial charge in [0.2, 0.25) is 10.0 Å². The van der Waals surface area contributed by atoms with Crippen LogP contribution in [-0.4, -0.2) is 44.8 Å². The summed E-state index contributed by atoms with van der Waals surface area (Å²) < 4.78 is 111. The number of hydrogen-bond donors (Lipinski definition) is 2. The molecule has 14 heteroatoms. The van der Waals surface area contributed by atoms with Crippen molar-refractivity contribution in [1.29, 1.82) is 0 Å². The monoisotopic (exact) mass is 473 g/mol. The molecular formula is C17H17F6N3O4S. The van der Waals surface area contributed by atoms with Gasteiger partial charge in [0.05, 0.1) is 6.61 Å². The van der Waals surface area contributed by atoms with Crippen LogP contribution in [0.3, 0.4) is 0 Å². The normalized spacial score (nSPS) is 13.3. The van der Waals surface area contributed by atoms with Gasteiger partial charge in [0.25, 0.3) is 5.91 Å². The Balaban J connectivity index is 2.45. The number of amides is 1. The number of methoxy groups -OCH3 is 1. The molecule has 31 heavy (non-hydrogen) atoms. The molecule has 2 rings (SSSR count). The van der Waals surface area contributed by atoms with Crippen LogP contribution in [0.5, 0.6) is 0 Å². The van der Waals surface area contributed by atoms with Crippen LogP contribution in [0.4, 0.5) is 32.0 Å². The van der Waals surface area contributed by atoms with E-state index in [4.69, 9.17) is 4.74 Å². The van der Waals surface area contributed by atoms with E-state index in [1.165, 1.54) is 11.8 Å². The molecule has 0 aliphatic rings. The van der Waals surface area contributed by atoms with E-state index in [0.717, 1.165) is 10.6 Å². The number of benzene rings is 1. The molecule has 0 unspecified atom stereocenters. The maximum atomic E-state index is 14.9. The molecule has 0 radical (unpaired) electrons. The minimum Gasteiger partial charge on any atom is -0.383 e. The summed E-state index contributed by atoms with van der Waals surface area (Å²) in [5.74, 6) is -5.38. The van der Waals surface area contributed by atoms with Crippen molar-refractivity contribution in [3.63, 3.8) is 0 Å². The van der Waals surface area contributed by atoms with Gasteiger partial charge in [-0.3, -0.25) is 4.79 Å². The Morgan fingerprint density at radius 3 is 2.39 bits per heavy atom. The van der Waals surface area contributed by atoms with Gasteiger partial charge in [-0.05, 0) is 19.1 Å². The first kappa shape index (κ1) is 24.7. The third kappa shape index (κ3) is 5.77. The number of carbonyl (C=O) groups is 1. The van der Waals surface area contributed by atoms with Gasteiger partial charge in [-0.25, -0.2) is 21.6 Å². The molecule has 0 bridgehead atoms. The zero-order chi connectivity index (χ0) is 23.6. The van der Waals surface area contributed by atoms with E-state index < -0.39 is 56.2 Å². The van der Waals surface area contributed by atoms with Crippen LogP contribution in [0.25, 0.3) is 0 Å². The molecule has 1 atom stereocenters. The maximum Gasteiger partial charge on any atom is 0.404 e. The van der Waals surface area contributed by atoms with Crippen LogP contribution in [0.15, 0.2) is 29.3 Å². The second-order valence-corrected chi connectivity index (χ2v) is 7.99. The number of alkyl halides is 3. The van der Waals surface area contributed by atoms with E-state index in [2.05, 4.69) is 5.32 Å². The number of aromatic nitrogens is 1. The van der Waals surface area contributed by atoms with E-state index in [1.807, 2.05) is 0 Å². The van der Waals surface area contributed by atoms with Crippen LogP contribution < -0.4 is 10.0 Å². The van der Waals surface area contributed by atoms with Crippen molar-refractivity contribution in [2.45, 2.75) is 30.6 Å². The lowest BCUT2D eigenvalue weighted by Gasteiger charge is -2.16. The Morgan fingerprint density at radius 1 is 1.19 bits per heavy atom. The summed E-state index contributed by atoms with van der Waals surface area (Å²) in [5.41, 5.74) is -1.13. The molecule has 172 valence electrons. The molecule has 1 aromatic carbocycles. The molecule has 0 aliphatic carbocycles. The van der Waals surface area contributed by atoms with Gasteiger partial charge in [-0.1, -0.05) is 0 Å². The van der Waals surface area contributed by atoms with Gasteiger partial charge in [0.1, 0.15) is 16.6 Å². The Morgan fingerprint density at radius 2 is 1.84 bits per heavy atom. The summed E-state index contributed by atoms with van der Waals surface area (Å²) in [6.45, 7) is 0.178. The number of hydrogen-bond acceptors (Lipinski definition) is 4. The minimum absolute atomic E-state index is 0.106. The van der Waals surface area contributed by atoms with Crippen molar-refractivity contribution in [1.82, 2.24) is 9.29 Å². The lowest BCUT2D eigenvalue weighted by molar-refractivity contribution is -0.147. The Kier molecular flexibility index (Phi) is 7.39. The molecule has 2 aromatic rings. The molecule has 0 aliphatic heterocycles. The predicted octanol–water partition coefficient (Wildman–Crippen LogP) is 3.03. The van der Waals surface area contributed by atoms with Crippen LogP contribution in [0.2, 0.25) is 0 Å². The fraction of sp³-hybridized carbons (Fsp3) is 0.353. The van der Waals surface area contributed by atoms with Gasteiger partial charge in [0, 0.05) is 31.6 Å². The Labute approximate surface area is 173 Å². The smallest absolute Gasteiger partial charge is 0.383 e. The number of nitrogens with zero attached hydrogens (tertiary/aromatic N) is 1. The third-order valence-electron chi connectivity index (χ3n) is 4.03. The first-order chi connectivity index (χ1) is 14.3. The highest BCUT2D eigenvalue weighted by atomic mass is 32.2. The molecular weight excluding hydrogens is 456 g/mol. The van der Waals surface area contributed by atoms with E-state index in [1.54, 1.807) is 0 Å². The summed E-state index contributed by atoms with van der Waals surface area (Å²) in [5, 5.41) is 2.07. The Bertz CT molecular complexity index is 1070. The zero-order valence-electron chi connectivity index (χ0n) is 16.1. The van der Waals surface area contributed by atoms with Crippen molar-refractivity contribution in [2.24, 2.45) is 0 Å². The van der Waals surface area contributed by atoms with Crippen LogP contribution in [0, 0.1) is 17.5 Å². The van der Waals surface area contributed by atoms with E-state index in [9.17, 15) is 39.6 Å². The fourth-order valence-corrected chi connectivity index (χ4v) is 3.74. The van der Waals surface area contributed by atoms with E-state index in [0.29, 0.717) is 25.3 Å². The molecule has 7 nitrogen and oxygen atoms in total. The number of rotatable bonds is 8. The van der Waals surface area contributed by atoms with Crippen molar-refractivity contribution >= 4 is 21.6 Å². The van der Waals surface area contributed by atoms with E-state index in [-0.39, 0.29) is 18.8 Å². The summed E-state index contributed by atoms with van der Waals surface area (Å²) in [4.78, 5) is 11.3. The number of halogens is 6. The van der Waals surface area contributed by atoms with Gasteiger partial charge >= 0.3 is 6.18 Å². The summed E-state index contributed by atoms with van der Waals surface area (Å²) in [7, 11) is -3.75. The topological polar surface area (TPSA) is 89.4 Å². The molecule has 0 saturated heterocycles. The highest BCUT2D eigenvalue weighted by molar-refractivity contribution is 7.89. The lowest BCUT2D eigenvalue weighted by Crippen LogP contribution is -2.43. The molecule has 2 N–H and O–H groups in total. The van der Waals surface area contributed by atoms with Gasteiger partial charge in [0.15, 0.2) is 17.5 Å². The molecule has 0 fully saturated rings. The van der Waals surface area contributed by atoms with Crippen molar-refractivity contribution in [2.75, 3.05) is 19.0 Å². The number of nitrogens with one attached hydrogen (secondary N) is 2. The second-order valence-electron chi connectivity index (χ2n) is 6.31. The van der Waals surface area contributed by atoms with Crippen molar-refractivity contribution < 1.29 is 44.3 Å². The fourth-order valence-electron chi connectivity index (χ4n) is 2.42. The first-order valence-corrected chi connectivity index (χ1v) is 9.99. The number of ether oxygens (including phenoxy) is 1. The minimum atomic E-state index is -5.01. The Hall–Kier alpha value is -2.58. The lowest BCUT2D eigenvalue weighted by atomic mass is 10.3. The van der Waals surface area contributed by atoms with Gasteiger partial charge in [-0.15, -0.1) is 0 Å². The molecule has 1 aromatic heterocycles. The number of anilines is 1. The summed E-state index contributed by atoms with van der Waals surface area (Å²) in [6, 6.07) is -0.249. The van der Waals surface area contributed by atoms with Crippen molar-refractivity contribution in [3.8, 4) is 0 Å². The average molecular weight is 473 g/mol.